The number of halogens is 1. The smallest absolute Gasteiger partial charge is 0.232 e. The first-order valence-corrected chi connectivity index (χ1v) is 11.6. The zero-order valence-electron chi connectivity index (χ0n) is 16.8. The Labute approximate surface area is 189 Å². The molecule has 31 heavy (non-hydrogen) atoms. The van der Waals surface area contributed by atoms with E-state index in [9.17, 15) is 0 Å². The van der Waals surface area contributed by atoms with Crippen molar-refractivity contribution in [3.05, 3.63) is 77.0 Å². The van der Waals surface area contributed by atoms with E-state index in [2.05, 4.69) is 29.9 Å². The summed E-state index contributed by atoms with van der Waals surface area (Å²) in [5, 5.41) is 18.8. The zero-order chi connectivity index (χ0) is 21.0. The molecule has 1 fully saturated rings. The molecule has 3 heterocycles. The van der Waals surface area contributed by atoms with Crippen molar-refractivity contribution in [1.29, 1.82) is 0 Å². The molecule has 0 bridgehead atoms. The minimum Gasteiger partial charge on any atom is -0.424 e. The van der Waals surface area contributed by atoms with Crippen LogP contribution in [0.3, 0.4) is 0 Å². The molecule has 158 valence electrons. The van der Waals surface area contributed by atoms with Crippen LogP contribution in [0.4, 0.5) is 5.95 Å². The summed E-state index contributed by atoms with van der Waals surface area (Å²) >= 11 is 7.78. The molecule has 0 N–H and O–H groups in total. The fourth-order valence-electron chi connectivity index (χ4n) is 3.63. The van der Waals surface area contributed by atoms with Crippen LogP contribution >= 0.6 is 23.4 Å². The molecule has 9 heteroatoms. The van der Waals surface area contributed by atoms with Crippen molar-refractivity contribution in [2.75, 3.05) is 18.0 Å². The number of benzene rings is 2. The molecule has 2 aromatic carbocycles. The fraction of sp³-hybridized carbons (Fsp3) is 0.273. The van der Waals surface area contributed by atoms with E-state index in [1.807, 2.05) is 54.6 Å². The standard InChI is InChI=1S/C22H21ClN6OS/c23-17-9-6-10-18(14-17)29-21(28-11-4-5-12-28)26-27-22(29)31-15-20-25-24-19(30-20)13-16-7-2-1-3-8-16/h1-3,6-10,14H,4-5,11-13,15H2. The lowest BCUT2D eigenvalue weighted by molar-refractivity contribution is 0.474. The highest BCUT2D eigenvalue weighted by atomic mass is 35.5. The maximum absolute atomic E-state index is 6.26. The quantitative estimate of drug-likeness (QED) is 0.373. The molecule has 7 nitrogen and oxygen atoms in total. The Bertz CT molecular complexity index is 1160. The van der Waals surface area contributed by atoms with Crippen molar-refractivity contribution in [1.82, 2.24) is 25.0 Å². The van der Waals surface area contributed by atoms with Gasteiger partial charge in [-0.3, -0.25) is 4.57 Å². The minimum atomic E-state index is 0.514. The first-order valence-electron chi connectivity index (χ1n) is 10.2. The largest absolute Gasteiger partial charge is 0.424 e. The molecular formula is C22H21ClN6OS. The van der Waals surface area contributed by atoms with Gasteiger partial charge < -0.3 is 9.32 Å². The summed E-state index contributed by atoms with van der Waals surface area (Å²) < 4.78 is 7.91. The van der Waals surface area contributed by atoms with E-state index in [0.29, 0.717) is 29.0 Å². The number of rotatable bonds is 7. The molecule has 0 unspecified atom stereocenters. The van der Waals surface area contributed by atoms with E-state index < -0.39 is 0 Å². The van der Waals surface area contributed by atoms with Crippen molar-refractivity contribution >= 4 is 29.3 Å². The Morgan fingerprint density at radius 1 is 0.903 bits per heavy atom. The molecule has 1 aliphatic rings. The van der Waals surface area contributed by atoms with E-state index in [1.165, 1.54) is 11.8 Å². The average molecular weight is 453 g/mol. The Morgan fingerprint density at radius 3 is 2.52 bits per heavy atom. The highest BCUT2D eigenvalue weighted by molar-refractivity contribution is 7.98. The predicted octanol–water partition coefficient (Wildman–Crippen LogP) is 4.79. The molecule has 1 saturated heterocycles. The maximum Gasteiger partial charge on any atom is 0.232 e. The van der Waals surface area contributed by atoms with Gasteiger partial charge in [0.25, 0.3) is 0 Å². The Balaban J connectivity index is 1.36. The first-order chi connectivity index (χ1) is 15.3. The van der Waals surface area contributed by atoms with Crippen LogP contribution < -0.4 is 4.90 Å². The third kappa shape index (κ3) is 4.60. The van der Waals surface area contributed by atoms with E-state index in [4.69, 9.17) is 16.0 Å². The summed E-state index contributed by atoms with van der Waals surface area (Å²) in [5.41, 5.74) is 2.08. The third-order valence-corrected chi connectivity index (χ3v) is 6.25. The van der Waals surface area contributed by atoms with Crippen LogP contribution in [0.1, 0.15) is 30.2 Å². The Morgan fingerprint density at radius 2 is 1.71 bits per heavy atom. The van der Waals surface area contributed by atoms with Crippen molar-refractivity contribution in [2.24, 2.45) is 0 Å². The van der Waals surface area contributed by atoms with Gasteiger partial charge in [-0.2, -0.15) is 0 Å². The number of thioether (sulfide) groups is 1. The molecule has 2 aromatic heterocycles. The van der Waals surface area contributed by atoms with Gasteiger partial charge >= 0.3 is 0 Å². The first kappa shape index (κ1) is 20.1. The van der Waals surface area contributed by atoms with Crippen LogP contribution in [0.5, 0.6) is 0 Å². The predicted molar refractivity (Wildman–Crippen MR) is 121 cm³/mol. The van der Waals surface area contributed by atoms with Crippen molar-refractivity contribution in [3.8, 4) is 5.69 Å². The lowest BCUT2D eigenvalue weighted by Gasteiger charge is -2.18. The SMILES string of the molecule is Clc1cccc(-n2c(SCc3nnc(Cc4ccccc4)o3)nnc2N2CCCC2)c1. The maximum atomic E-state index is 6.26. The van der Waals surface area contributed by atoms with Crippen LogP contribution in [-0.2, 0) is 12.2 Å². The second-order valence-electron chi connectivity index (χ2n) is 7.33. The summed E-state index contributed by atoms with van der Waals surface area (Å²) in [5.74, 6) is 2.54. The molecule has 1 aliphatic heterocycles. The highest BCUT2D eigenvalue weighted by Crippen LogP contribution is 2.31. The molecule has 0 saturated carbocycles. The van der Waals surface area contributed by atoms with Crippen LogP contribution in [0.25, 0.3) is 5.69 Å². The Kier molecular flexibility index (Phi) is 5.90. The Hall–Kier alpha value is -2.84. The van der Waals surface area contributed by atoms with Gasteiger partial charge in [-0.05, 0) is 36.6 Å². The lowest BCUT2D eigenvalue weighted by Crippen LogP contribution is -2.22. The third-order valence-electron chi connectivity index (χ3n) is 5.10. The minimum absolute atomic E-state index is 0.514. The number of nitrogens with zero attached hydrogens (tertiary/aromatic N) is 6. The van der Waals surface area contributed by atoms with E-state index in [-0.39, 0.29) is 0 Å². The van der Waals surface area contributed by atoms with Gasteiger partial charge in [0.2, 0.25) is 17.7 Å². The van der Waals surface area contributed by atoms with Crippen molar-refractivity contribution in [2.45, 2.75) is 30.2 Å². The van der Waals surface area contributed by atoms with Gasteiger partial charge in [0.1, 0.15) is 0 Å². The van der Waals surface area contributed by atoms with Gasteiger partial charge in [-0.1, -0.05) is 59.8 Å². The van der Waals surface area contributed by atoms with Gasteiger partial charge in [0.15, 0.2) is 5.16 Å². The number of hydrogen-bond donors (Lipinski definition) is 0. The molecule has 0 amide bonds. The normalized spacial score (nSPS) is 13.8. The molecule has 5 rings (SSSR count). The van der Waals surface area contributed by atoms with Crippen LogP contribution in [-0.4, -0.2) is 38.1 Å². The summed E-state index contributed by atoms with van der Waals surface area (Å²) in [6.45, 7) is 1.96. The number of anilines is 1. The summed E-state index contributed by atoms with van der Waals surface area (Å²) in [6.07, 6.45) is 2.95. The van der Waals surface area contributed by atoms with Crippen molar-refractivity contribution < 1.29 is 4.42 Å². The molecular weight excluding hydrogens is 432 g/mol. The molecule has 0 aliphatic carbocycles. The van der Waals surface area contributed by atoms with E-state index in [0.717, 1.165) is 48.3 Å². The highest BCUT2D eigenvalue weighted by Gasteiger charge is 2.23. The van der Waals surface area contributed by atoms with E-state index in [1.54, 1.807) is 0 Å². The van der Waals surface area contributed by atoms with Crippen molar-refractivity contribution in [3.63, 3.8) is 0 Å². The van der Waals surface area contributed by atoms with Gasteiger partial charge in [-0.25, -0.2) is 0 Å². The van der Waals surface area contributed by atoms with E-state index >= 15 is 0 Å². The summed E-state index contributed by atoms with van der Waals surface area (Å²) in [6, 6.07) is 17.8. The molecule has 0 radical (unpaired) electrons. The van der Waals surface area contributed by atoms with Gasteiger partial charge in [0.05, 0.1) is 17.9 Å². The number of aromatic nitrogens is 5. The molecule has 0 spiro atoms. The monoisotopic (exact) mass is 452 g/mol. The second-order valence-corrected chi connectivity index (χ2v) is 8.71. The second kappa shape index (κ2) is 9.11. The topological polar surface area (TPSA) is 72.9 Å². The molecule has 0 atom stereocenters. The van der Waals surface area contributed by atoms with Crippen LogP contribution in [0, 0.1) is 0 Å². The average Bonchev–Trinajstić information content (AvgIpc) is 3.54. The fourth-order valence-corrected chi connectivity index (χ4v) is 4.60. The number of hydrogen-bond acceptors (Lipinski definition) is 7. The summed E-state index contributed by atoms with van der Waals surface area (Å²) in [4.78, 5) is 2.27. The van der Waals surface area contributed by atoms with Gasteiger partial charge in [0, 0.05) is 18.1 Å². The molecule has 4 aromatic rings. The lowest BCUT2D eigenvalue weighted by atomic mass is 10.2. The zero-order valence-corrected chi connectivity index (χ0v) is 18.4. The summed E-state index contributed by atoms with van der Waals surface area (Å²) in [7, 11) is 0. The van der Waals surface area contributed by atoms with Crippen LogP contribution in [0.2, 0.25) is 5.02 Å². The van der Waals surface area contributed by atoms with Gasteiger partial charge in [-0.15, -0.1) is 20.4 Å². The van der Waals surface area contributed by atoms with Crippen LogP contribution in [0.15, 0.2) is 64.2 Å².